The highest BCUT2D eigenvalue weighted by atomic mass is 19.1. The van der Waals surface area contributed by atoms with Crippen LogP contribution >= 0.6 is 0 Å². The highest BCUT2D eigenvalue weighted by molar-refractivity contribution is 6.00. The average molecular weight is 489 g/mol. The van der Waals surface area contributed by atoms with Gasteiger partial charge in [0.05, 0.1) is 59.2 Å². The number of rotatable bonds is 8. The highest BCUT2D eigenvalue weighted by Crippen LogP contribution is 2.28. The Bertz CT molecular complexity index is 1440. The Morgan fingerprint density at radius 2 is 1.97 bits per heavy atom. The number of amides is 1. The van der Waals surface area contributed by atoms with Gasteiger partial charge in [0.15, 0.2) is 0 Å². The maximum absolute atomic E-state index is 14.2. The third-order valence-electron chi connectivity index (χ3n) is 5.62. The fraction of sp³-hybridized carbons (Fsp3) is 0.231. The molecule has 0 fully saturated rings. The summed E-state index contributed by atoms with van der Waals surface area (Å²) in [6.45, 7) is 2.32. The summed E-state index contributed by atoms with van der Waals surface area (Å²) in [7, 11) is 1.57. The molecule has 3 heterocycles. The molecule has 0 bridgehead atoms. The van der Waals surface area contributed by atoms with Crippen LogP contribution in [-0.4, -0.2) is 51.0 Å². The van der Waals surface area contributed by atoms with E-state index in [-0.39, 0.29) is 12.1 Å². The van der Waals surface area contributed by atoms with Crippen molar-refractivity contribution in [1.29, 1.82) is 5.26 Å². The van der Waals surface area contributed by atoms with Crippen molar-refractivity contribution < 1.29 is 19.0 Å². The molecule has 0 spiro atoms. The second kappa shape index (κ2) is 10.0. The zero-order valence-electron chi connectivity index (χ0n) is 20.0. The van der Waals surface area contributed by atoms with E-state index in [1.807, 2.05) is 12.1 Å². The van der Waals surface area contributed by atoms with Gasteiger partial charge in [0, 0.05) is 11.9 Å². The van der Waals surface area contributed by atoms with Gasteiger partial charge in [0.25, 0.3) is 5.91 Å². The van der Waals surface area contributed by atoms with Crippen LogP contribution in [0.5, 0.6) is 5.75 Å². The van der Waals surface area contributed by atoms with Crippen molar-refractivity contribution in [1.82, 2.24) is 19.9 Å². The maximum atomic E-state index is 14.2. The molecule has 1 aromatic carbocycles. The molecule has 9 nitrogen and oxygen atoms in total. The van der Waals surface area contributed by atoms with Gasteiger partial charge in [0.1, 0.15) is 18.0 Å². The fourth-order valence-corrected chi connectivity index (χ4v) is 3.49. The topological polar surface area (TPSA) is 125 Å². The lowest BCUT2D eigenvalue weighted by Gasteiger charge is -2.22. The number of pyridine rings is 1. The Labute approximate surface area is 207 Å². The summed E-state index contributed by atoms with van der Waals surface area (Å²) in [5, 5.41) is 29.0. The van der Waals surface area contributed by atoms with Gasteiger partial charge in [-0.15, -0.1) is 0 Å². The van der Waals surface area contributed by atoms with Crippen LogP contribution in [0.1, 0.15) is 29.8 Å². The molecule has 1 amide bonds. The van der Waals surface area contributed by atoms with Gasteiger partial charge in [0.2, 0.25) is 0 Å². The zero-order chi connectivity index (χ0) is 25.9. The molecule has 0 aliphatic heterocycles. The molecular formula is C26H25FN6O3. The molecule has 3 N–H and O–H groups in total. The Morgan fingerprint density at radius 3 is 2.64 bits per heavy atom. The normalized spacial score (nSPS) is 12.1. The predicted molar refractivity (Wildman–Crippen MR) is 133 cm³/mol. The van der Waals surface area contributed by atoms with E-state index >= 15 is 0 Å². The first-order chi connectivity index (χ1) is 17.2. The summed E-state index contributed by atoms with van der Waals surface area (Å²) < 4.78 is 21.1. The number of halogens is 1. The Morgan fingerprint density at radius 1 is 1.22 bits per heavy atom. The molecule has 4 rings (SSSR count). The summed E-state index contributed by atoms with van der Waals surface area (Å²) in [5.41, 5.74) is 2.07. The van der Waals surface area contributed by atoms with E-state index in [9.17, 15) is 14.3 Å². The van der Waals surface area contributed by atoms with E-state index in [1.54, 1.807) is 48.0 Å². The molecule has 36 heavy (non-hydrogen) atoms. The van der Waals surface area contributed by atoms with E-state index < -0.39 is 17.7 Å². The molecule has 4 aromatic rings. The summed E-state index contributed by atoms with van der Waals surface area (Å²) in [6.07, 6.45) is 1.21. The summed E-state index contributed by atoms with van der Waals surface area (Å²) in [5.74, 6) is 0.130. The minimum Gasteiger partial charge on any atom is -0.497 e. The van der Waals surface area contributed by atoms with E-state index in [1.165, 1.54) is 26.2 Å². The standard InChI is InChI=1S/C26H25FN6O3/c1-26(2,35)24(27)15-30-25(34)20-14-29-22(11-21(20)32-17-4-7-19(36-3)8-5-17)23-9-6-18-10-16(12-28)13-31-33(18)23/h4-11,13-14,24,35H,15H2,1-3H3,(H,29,32)(H,30,34)/t24-/m1/s1. The van der Waals surface area contributed by atoms with Crippen LogP contribution in [0.4, 0.5) is 15.8 Å². The summed E-state index contributed by atoms with van der Waals surface area (Å²) in [4.78, 5) is 17.4. The molecule has 3 aromatic heterocycles. The van der Waals surface area contributed by atoms with Crippen molar-refractivity contribution in [2.24, 2.45) is 0 Å². The average Bonchev–Trinajstić information content (AvgIpc) is 3.30. The highest BCUT2D eigenvalue weighted by Gasteiger charge is 2.27. The number of ether oxygens (including phenoxy) is 1. The van der Waals surface area contributed by atoms with Crippen LogP contribution in [0.25, 0.3) is 16.9 Å². The summed E-state index contributed by atoms with van der Waals surface area (Å²) >= 11 is 0. The number of benzene rings is 1. The first kappa shape index (κ1) is 24.6. The second-order valence-corrected chi connectivity index (χ2v) is 8.71. The van der Waals surface area contributed by atoms with Gasteiger partial charge in [-0.3, -0.25) is 9.78 Å². The van der Waals surface area contributed by atoms with Gasteiger partial charge in [-0.1, -0.05) is 0 Å². The molecule has 10 heteroatoms. The third-order valence-corrected chi connectivity index (χ3v) is 5.62. The van der Waals surface area contributed by atoms with E-state index in [0.717, 1.165) is 5.52 Å². The van der Waals surface area contributed by atoms with Gasteiger partial charge in [-0.25, -0.2) is 8.91 Å². The Hall–Kier alpha value is -4.49. The molecule has 0 saturated heterocycles. The van der Waals surface area contributed by atoms with Crippen molar-refractivity contribution in [3.8, 4) is 23.2 Å². The number of carbonyl (C=O) groups is 1. The van der Waals surface area contributed by atoms with Crippen LogP contribution in [-0.2, 0) is 0 Å². The Kier molecular flexibility index (Phi) is 6.85. The number of nitrogens with zero attached hydrogens (tertiary/aromatic N) is 4. The largest absolute Gasteiger partial charge is 0.497 e. The van der Waals surface area contributed by atoms with E-state index in [2.05, 4.69) is 26.8 Å². The number of alkyl halides is 1. The number of methoxy groups -OCH3 is 1. The molecule has 0 unspecified atom stereocenters. The number of aliphatic hydroxyl groups is 1. The van der Waals surface area contributed by atoms with Crippen LogP contribution in [0.3, 0.4) is 0 Å². The lowest BCUT2D eigenvalue weighted by molar-refractivity contribution is -0.00177. The predicted octanol–water partition coefficient (Wildman–Crippen LogP) is 3.86. The van der Waals surface area contributed by atoms with Crippen molar-refractivity contribution in [3.63, 3.8) is 0 Å². The molecule has 0 radical (unpaired) electrons. The zero-order valence-corrected chi connectivity index (χ0v) is 20.0. The molecular weight excluding hydrogens is 463 g/mol. The lowest BCUT2D eigenvalue weighted by Crippen LogP contribution is -2.42. The number of fused-ring (bicyclic) bond motifs is 1. The minimum atomic E-state index is -1.65. The number of nitriles is 1. The first-order valence-electron chi connectivity index (χ1n) is 11.1. The minimum absolute atomic E-state index is 0.193. The lowest BCUT2D eigenvalue weighted by atomic mass is 10.0. The van der Waals surface area contributed by atoms with Gasteiger partial charge < -0.3 is 20.5 Å². The van der Waals surface area contributed by atoms with E-state index in [4.69, 9.17) is 10.00 Å². The fourth-order valence-electron chi connectivity index (χ4n) is 3.49. The quantitative estimate of drug-likeness (QED) is 0.344. The molecule has 184 valence electrons. The van der Waals surface area contributed by atoms with Gasteiger partial charge in [-0.05, 0) is 62.4 Å². The van der Waals surface area contributed by atoms with Crippen LogP contribution in [0, 0.1) is 11.3 Å². The van der Waals surface area contributed by atoms with E-state index in [0.29, 0.717) is 34.1 Å². The van der Waals surface area contributed by atoms with Crippen LogP contribution in [0.2, 0.25) is 0 Å². The number of carbonyl (C=O) groups excluding carboxylic acids is 1. The van der Waals surface area contributed by atoms with Crippen molar-refractivity contribution >= 4 is 22.8 Å². The number of aromatic nitrogens is 3. The Balaban J connectivity index is 1.70. The third kappa shape index (κ3) is 5.26. The van der Waals surface area contributed by atoms with Gasteiger partial charge >= 0.3 is 0 Å². The number of hydrogen-bond acceptors (Lipinski definition) is 7. The molecule has 0 saturated carbocycles. The molecule has 0 aliphatic carbocycles. The monoisotopic (exact) mass is 488 g/mol. The van der Waals surface area contributed by atoms with Gasteiger partial charge in [-0.2, -0.15) is 10.4 Å². The SMILES string of the molecule is COc1ccc(Nc2cc(-c3ccc4cc(C#N)cnn34)ncc2C(=O)NC[C@@H](F)C(C)(C)O)cc1. The van der Waals surface area contributed by atoms with Crippen molar-refractivity contribution in [3.05, 3.63) is 72.1 Å². The molecule has 1 atom stereocenters. The van der Waals surface area contributed by atoms with Crippen molar-refractivity contribution in [2.75, 3.05) is 19.0 Å². The number of anilines is 2. The van der Waals surface area contributed by atoms with Crippen LogP contribution < -0.4 is 15.4 Å². The summed E-state index contributed by atoms with van der Waals surface area (Å²) in [6, 6.07) is 16.3. The molecule has 0 aliphatic rings. The van der Waals surface area contributed by atoms with Crippen LogP contribution in [0.15, 0.2) is 60.9 Å². The van der Waals surface area contributed by atoms with Crippen molar-refractivity contribution in [2.45, 2.75) is 25.6 Å². The maximum Gasteiger partial charge on any atom is 0.255 e. The smallest absolute Gasteiger partial charge is 0.255 e. The first-order valence-corrected chi connectivity index (χ1v) is 11.1. The number of nitrogens with one attached hydrogen (secondary N) is 2. The second-order valence-electron chi connectivity index (χ2n) is 8.71. The number of hydrogen-bond donors (Lipinski definition) is 3.